The molecule has 0 spiro atoms. The first kappa shape index (κ1) is 14.7. The third-order valence-electron chi connectivity index (χ3n) is 2.30. The average molecular weight is 269 g/mol. The first-order valence-electron chi connectivity index (χ1n) is 5.66. The minimum atomic E-state index is -1.39. The molecule has 0 aliphatic carbocycles. The van der Waals surface area contributed by atoms with Gasteiger partial charge >= 0.3 is 5.97 Å². The van der Waals surface area contributed by atoms with E-state index in [9.17, 15) is 9.00 Å². The number of anilines is 1. The SMILES string of the molecule is COC(=O)[C@@H](Nc1ccccc1)S(=O)C(C)(C)C. The summed E-state index contributed by atoms with van der Waals surface area (Å²) in [7, 11) is -0.0977. The molecule has 18 heavy (non-hydrogen) atoms. The van der Waals surface area contributed by atoms with E-state index in [-0.39, 0.29) is 0 Å². The van der Waals surface area contributed by atoms with E-state index in [4.69, 9.17) is 4.74 Å². The van der Waals surface area contributed by atoms with Gasteiger partial charge < -0.3 is 10.1 Å². The number of para-hydroxylation sites is 1. The second-order valence-electron chi connectivity index (χ2n) is 4.82. The van der Waals surface area contributed by atoms with Crippen LogP contribution in [0.15, 0.2) is 30.3 Å². The zero-order valence-electron chi connectivity index (χ0n) is 11.1. The van der Waals surface area contributed by atoms with Crippen molar-refractivity contribution in [1.29, 1.82) is 0 Å². The molecule has 0 heterocycles. The summed E-state index contributed by atoms with van der Waals surface area (Å²) in [4.78, 5) is 11.7. The van der Waals surface area contributed by atoms with Crippen molar-refractivity contribution >= 4 is 22.5 Å². The molecule has 2 atom stereocenters. The van der Waals surface area contributed by atoms with Gasteiger partial charge in [0.1, 0.15) is 0 Å². The summed E-state index contributed by atoms with van der Waals surface area (Å²) in [5.74, 6) is -0.521. The molecule has 1 aromatic carbocycles. The second-order valence-corrected chi connectivity index (χ2v) is 7.11. The van der Waals surface area contributed by atoms with E-state index < -0.39 is 26.9 Å². The molecule has 0 aliphatic rings. The molecule has 1 rings (SSSR count). The highest BCUT2D eigenvalue weighted by Gasteiger charge is 2.33. The van der Waals surface area contributed by atoms with Gasteiger partial charge in [0.25, 0.3) is 0 Å². The summed E-state index contributed by atoms with van der Waals surface area (Å²) in [6.07, 6.45) is 0. The predicted molar refractivity (Wildman–Crippen MR) is 73.8 cm³/mol. The van der Waals surface area contributed by atoms with E-state index in [1.807, 2.05) is 51.1 Å². The number of rotatable bonds is 4. The molecule has 100 valence electrons. The normalized spacial score (nSPS) is 14.7. The van der Waals surface area contributed by atoms with Crippen LogP contribution in [0.5, 0.6) is 0 Å². The molecule has 1 N–H and O–H groups in total. The molecular weight excluding hydrogens is 250 g/mol. The van der Waals surface area contributed by atoms with Crippen LogP contribution in [0, 0.1) is 0 Å². The quantitative estimate of drug-likeness (QED) is 0.851. The lowest BCUT2D eigenvalue weighted by Gasteiger charge is -2.25. The van der Waals surface area contributed by atoms with Gasteiger partial charge in [0.15, 0.2) is 0 Å². The van der Waals surface area contributed by atoms with Crippen molar-refractivity contribution in [1.82, 2.24) is 0 Å². The minimum absolute atomic E-state index is 0.499. The number of methoxy groups -OCH3 is 1. The molecule has 0 amide bonds. The molecule has 1 unspecified atom stereocenters. The molecule has 5 heteroatoms. The largest absolute Gasteiger partial charge is 0.467 e. The molecular formula is C13H19NO3S. The van der Waals surface area contributed by atoms with Crippen LogP contribution in [0.1, 0.15) is 20.8 Å². The van der Waals surface area contributed by atoms with Crippen molar-refractivity contribution in [2.24, 2.45) is 0 Å². The predicted octanol–water partition coefficient (Wildman–Crippen LogP) is 2.14. The zero-order chi connectivity index (χ0) is 13.8. The number of carbonyl (C=O) groups excluding carboxylic acids is 1. The first-order valence-corrected chi connectivity index (χ1v) is 6.87. The van der Waals surface area contributed by atoms with Gasteiger partial charge in [-0.15, -0.1) is 0 Å². The summed E-state index contributed by atoms with van der Waals surface area (Å²) in [6.45, 7) is 5.48. The van der Waals surface area contributed by atoms with Crippen LogP contribution in [-0.2, 0) is 20.3 Å². The average Bonchev–Trinajstić information content (AvgIpc) is 2.34. The molecule has 0 bridgehead atoms. The van der Waals surface area contributed by atoms with Gasteiger partial charge in [0.2, 0.25) is 5.37 Å². The number of ether oxygens (including phenoxy) is 1. The Morgan fingerprint density at radius 3 is 2.28 bits per heavy atom. The summed E-state index contributed by atoms with van der Waals surface area (Å²) < 4.78 is 16.5. The van der Waals surface area contributed by atoms with E-state index in [1.54, 1.807) is 0 Å². The van der Waals surface area contributed by atoms with Crippen LogP contribution in [0.25, 0.3) is 0 Å². The Hall–Kier alpha value is -1.36. The van der Waals surface area contributed by atoms with Gasteiger partial charge in [0, 0.05) is 10.4 Å². The fourth-order valence-electron chi connectivity index (χ4n) is 1.35. The fourth-order valence-corrected chi connectivity index (χ4v) is 2.57. The highest BCUT2D eigenvalue weighted by atomic mass is 32.2. The molecule has 0 radical (unpaired) electrons. The van der Waals surface area contributed by atoms with Crippen molar-refractivity contribution in [3.05, 3.63) is 30.3 Å². The van der Waals surface area contributed by atoms with Crippen molar-refractivity contribution in [3.8, 4) is 0 Å². The molecule has 0 aromatic heterocycles. The maximum atomic E-state index is 12.3. The summed E-state index contributed by atoms with van der Waals surface area (Å²) in [5, 5.41) is 2.10. The van der Waals surface area contributed by atoms with Crippen molar-refractivity contribution in [2.45, 2.75) is 30.9 Å². The lowest BCUT2D eigenvalue weighted by molar-refractivity contribution is -0.139. The third kappa shape index (κ3) is 3.84. The van der Waals surface area contributed by atoms with Crippen LogP contribution in [0.4, 0.5) is 5.69 Å². The highest BCUT2D eigenvalue weighted by molar-refractivity contribution is 7.87. The van der Waals surface area contributed by atoms with Gasteiger partial charge in [0.05, 0.1) is 17.9 Å². The van der Waals surface area contributed by atoms with Gasteiger partial charge in [-0.05, 0) is 32.9 Å². The van der Waals surface area contributed by atoms with Crippen LogP contribution >= 0.6 is 0 Å². The van der Waals surface area contributed by atoms with Crippen molar-refractivity contribution in [2.75, 3.05) is 12.4 Å². The Labute approximate surface area is 110 Å². The topological polar surface area (TPSA) is 55.4 Å². The molecule has 0 saturated heterocycles. The monoisotopic (exact) mass is 269 g/mol. The highest BCUT2D eigenvalue weighted by Crippen LogP contribution is 2.19. The standard InChI is InChI=1S/C13H19NO3S/c1-13(2,3)18(16)11(12(15)17-4)14-10-8-6-5-7-9-10/h5-9,11,14H,1-4H3/t11-,18?/m0/s1. The molecule has 0 saturated carbocycles. The smallest absolute Gasteiger partial charge is 0.341 e. The summed E-state index contributed by atoms with van der Waals surface area (Å²) in [5.41, 5.74) is 0.741. The number of esters is 1. The summed E-state index contributed by atoms with van der Waals surface area (Å²) in [6, 6.07) is 9.19. The van der Waals surface area contributed by atoms with Crippen LogP contribution in [0.2, 0.25) is 0 Å². The number of carbonyl (C=O) groups is 1. The fraction of sp³-hybridized carbons (Fsp3) is 0.462. The summed E-state index contributed by atoms with van der Waals surface area (Å²) >= 11 is 0. The van der Waals surface area contributed by atoms with Crippen LogP contribution in [-0.4, -0.2) is 27.4 Å². The van der Waals surface area contributed by atoms with E-state index in [2.05, 4.69) is 5.32 Å². The Morgan fingerprint density at radius 2 is 1.83 bits per heavy atom. The van der Waals surface area contributed by atoms with E-state index in [0.29, 0.717) is 0 Å². The molecule has 1 aromatic rings. The first-order chi connectivity index (χ1) is 8.36. The van der Waals surface area contributed by atoms with E-state index in [1.165, 1.54) is 7.11 Å². The van der Waals surface area contributed by atoms with Crippen LogP contribution < -0.4 is 5.32 Å². The second kappa shape index (κ2) is 6.00. The van der Waals surface area contributed by atoms with Gasteiger partial charge in [-0.25, -0.2) is 4.79 Å². The minimum Gasteiger partial charge on any atom is -0.467 e. The maximum absolute atomic E-state index is 12.3. The molecule has 0 aliphatic heterocycles. The van der Waals surface area contributed by atoms with Gasteiger partial charge in [-0.1, -0.05) is 18.2 Å². The molecule has 4 nitrogen and oxygen atoms in total. The van der Waals surface area contributed by atoms with Gasteiger partial charge in [-0.2, -0.15) is 0 Å². The number of hydrogen-bond donors (Lipinski definition) is 1. The number of hydrogen-bond acceptors (Lipinski definition) is 4. The Bertz CT molecular complexity index is 426. The number of nitrogens with one attached hydrogen (secondary N) is 1. The van der Waals surface area contributed by atoms with Gasteiger partial charge in [-0.3, -0.25) is 4.21 Å². The Kier molecular flexibility index (Phi) is 4.90. The van der Waals surface area contributed by atoms with Crippen molar-refractivity contribution in [3.63, 3.8) is 0 Å². The zero-order valence-corrected chi connectivity index (χ0v) is 11.9. The Balaban J connectivity index is 2.94. The lowest BCUT2D eigenvalue weighted by Crippen LogP contribution is -2.42. The number of benzene rings is 1. The Morgan fingerprint density at radius 1 is 1.28 bits per heavy atom. The van der Waals surface area contributed by atoms with Crippen LogP contribution in [0.3, 0.4) is 0 Å². The van der Waals surface area contributed by atoms with E-state index >= 15 is 0 Å². The third-order valence-corrected chi connectivity index (χ3v) is 4.25. The molecule has 0 fully saturated rings. The lowest BCUT2D eigenvalue weighted by atomic mass is 10.3. The maximum Gasteiger partial charge on any atom is 0.341 e. The van der Waals surface area contributed by atoms with E-state index in [0.717, 1.165) is 5.69 Å². The van der Waals surface area contributed by atoms with Crippen molar-refractivity contribution < 1.29 is 13.7 Å².